The number of carbonyl (C=O) groups is 2. The van der Waals surface area contributed by atoms with E-state index < -0.39 is 23.8 Å². The van der Waals surface area contributed by atoms with Gasteiger partial charge in [-0.05, 0) is 52.3 Å². The summed E-state index contributed by atoms with van der Waals surface area (Å²) in [5, 5.41) is 5.32. The zero-order valence-corrected chi connectivity index (χ0v) is 20.1. The van der Waals surface area contributed by atoms with Crippen molar-refractivity contribution >= 4 is 17.6 Å². The van der Waals surface area contributed by atoms with E-state index in [9.17, 15) is 9.59 Å². The maximum atomic E-state index is 12.7. The molecule has 0 fully saturated rings. The monoisotopic (exact) mass is 462 g/mol. The minimum Gasteiger partial charge on any atom is -0.462 e. The molecule has 0 saturated heterocycles. The summed E-state index contributed by atoms with van der Waals surface area (Å²) in [4.78, 5) is 29.3. The molecule has 0 radical (unpaired) electrons. The SMILES string of the molecule is C#CCc1c(C)nc2c(OC(NC(=O)CNC(=O)OC(C)(C)C)c3ccccc3C)cccn12. The van der Waals surface area contributed by atoms with Crippen LogP contribution < -0.4 is 15.4 Å². The minimum atomic E-state index is -0.812. The summed E-state index contributed by atoms with van der Waals surface area (Å²) in [7, 11) is 0. The van der Waals surface area contributed by atoms with Crippen molar-refractivity contribution in [2.75, 3.05) is 6.54 Å². The number of terminal acetylenes is 1. The van der Waals surface area contributed by atoms with Crippen molar-refractivity contribution < 1.29 is 19.1 Å². The van der Waals surface area contributed by atoms with Crippen LogP contribution in [-0.2, 0) is 16.0 Å². The lowest BCUT2D eigenvalue weighted by Gasteiger charge is -2.23. The first-order valence-electron chi connectivity index (χ1n) is 11.0. The Kier molecular flexibility index (Phi) is 7.47. The number of benzene rings is 1. The molecule has 1 unspecified atom stereocenters. The molecule has 2 heterocycles. The molecule has 3 aromatic rings. The Labute approximate surface area is 199 Å². The van der Waals surface area contributed by atoms with E-state index in [1.54, 1.807) is 26.8 Å². The van der Waals surface area contributed by atoms with Crippen molar-refractivity contribution in [2.24, 2.45) is 0 Å². The number of imidazole rings is 1. The summed E-state index contributed by atoms with van der Waals surface area (Å²) in [6.45, 7) is 8.82. The Morgan fingerprint density at radius 1 is 1.18 bits per heavy atom. The highest BCUT2D eigenvalue weighted by atomic mass is 16.6. The number of hydrogen-bond acceptors (Lipinski definition) is 5. The van der Waals surface area contributed by atoms with E-state index in [0.717, 1.165) is 22.5 Å². The minimum absolute atomic E-state index is 0.264. The van der Waals surface area contributed by atoms with Gasteiger partial charge in [0, 0.05) is 11.8 Å². The molecule has 0 aliphatic heterocycles. The molecule has 0 bridgehead atoms. The number of hydrogen-bond donors (Lipinski definition) is 2. The molecule has 2 aromatic heterocycles. The van der Waals surface area contributed by atoms with Gasteiger partial charge in [-0.1, -0.05) is 24.3 Å². The van der Waals surface area contributed by atoms with E-state index in [2.05, 4.69) is 21.5 Å². The molecule has 2 amide bonds. The molecule has 0 aliphatic carbocycles. The summed E-state index contributed by atoms with van der Waals surface area (Å²) in [5.41, 5.74) is 3.37. The Morgan fingerprint density at radius 2 is 1.91 bits per heavy atom. The Hall–Kier alpha value is -3.99. The molecule has 34 heavy (non-hydrogen) atoms. The van der Waals surface area contributed by atoms with Gasteiger partial charge in [0.25, 0.3) is 0 Å². The molecule has 0 aliphatic rings. The van der Waals surface area contributed by atoms with Crippen molar-refractivity contribution in [1.82, 2.24) is 20.0 Å². The van der Waals surface area contributed by atoms with Crippen molar-refractivity contribution in [1.29, 1.82) is 0 Å². The van der Waals surface area contributed by atoms with Crippen LogP contribution in [0.4, 0.5) is 4.79 Å². The van der Waals surface area contributed by atoms with Crippen LogP contribution in [-0.4, -0.2) is 33.5 Å². The van der Waals surface area contributed by atoms with Crippen molar-refractivity contribution in [3.8, 4) is 18.1 Å². The summed E-state index contributed by atoms with van der Waals surface area (Å²) in [6, 6.07) is 11.2. The van der Waals surface area contributed by atoms with Gasteiger partial charge in [-0.25, -0.2) is 9.78 Å². The second-order valence-corrected chi connectivity index (χ2v) is 8.87. The third kappa shape index (κ3) is 6.07. The topological polar surface area (TPSA) is 94.0 Å². The number of nitrogens with one attached hydrogen (secondary N) is 2. The zero-order chi connectivity index (χ0) is 24.9. The molecule has 2 N–H and O–H groups in total. The number of alkyl carbamates (subject to hydrolysis) is 1. The first-order chi connectivity index (χ1) is 16.1. The Morgan fingerprint density at radius 3 is 2.59 bits per heavy atom. The van der Waals surface area contributed by atoms with Gasteiger partial charge in [0.05, 0.1) is 17.8 Å². The van der Waals surface area contributed by atoms with Crippen LogP contribution in [0.25, 0.3) is 5.65 Å². The number of aromatic nitrogens is 2. The smallest absolute Gasteiger partial charge is 0.408 e. The summed E-state index contributed by atoms with van der Waals surface area (Å²) in [5.74, 6) is 2.71. The third-order valence-corrected chi connectivity index (χ3v) is 4.98. The second kappa shape index (κ2) is 10.3. The van der Waals surface area contributed by atoms with E-state index in [4.69, 9.17) is 15.9 Å². The molecule has 178 valence electrons. The van der Waals surface area contributed by atoms with E-state index in [-0.39, 0.29) is 6.54 Å². The average Bonchev–Trinajstić information content (AvgIpc) is 3.08. The van der Waals surface area contributed by atoms with E-state index in [1.807, 2.05) is 54.8 Å². The lowest BCUT2D eigenvalue weighted by molar-refractivity contribution is -0.122. The van der Waals surface area contributed by atoms with Gasteiger partial charge >= 0.3 is 6.09 Å². The fourth-order valence-corrected chi connectivity index (χ4v) is 3.45. The van der Waals surface area contributed by atoms with Gasteiger partial charge in [-0.3, -0.25) is 9.20 Å². The number of fused-ring (bicyclic) bond motifs is 1. The van der Waals surface area contributed by atoms with Crippen LogP contribution in [0.1, 0.15) is 49.5 Å². The highest BCUT2D eigenvalue weighted by Crippen LogP contribution is 2.27. The molecule has 1 aromatic carbocycles. The van der Waals surface area contributed by atoms with Gasteiger partial charge in [0.15, 0.2) is 17.6 Å². The maximum absolute atomic E-state index is 12.7. The molecule has 0 saturated carbocycles. The van der Waals surface area contributed by atoms with Crippen LogP contribution in [0.2, 0.25) is 0 Å². The second-order valence-electron chi connectivity index (χ2n) is 8.87. The average molecular weight is 463 g/mol. The Balaban J connectivity index is 1.85. The normalized spacial score (nSPS) is 12.0. The molecular formula is C26H30N4O4. The van der Waals surface area contributed by atoms with Crippen molar-refractivity contribution in [2.45, 2.75) is 52.9 Å². The summed E-state index contributed by atoms with van der Waals surface area (Å²) in [6.07, 6.45) is 6.35. The number of rotatable bonds is 7. The maximum Gasteiger partial charge on any atom is 0.408 e. The molecule has 8 heteroatoms. The lowest BCUT2D eigenvalue weighted by atomic mass is 10.1. The number of pyridine rings is 1. The van der Waals surface area contributed by atoms with Gasteiger partial charge < -0.3 is 20.1 Å². The summed E-state index contributed by atoms with van der Waals surface area (Å²) >= 11 is 0. The predicted molar refractivity (Wildman–Crippen MR) is 129 cm³/mol. The molecule has 3 rings (SSSR count). The number of aryl methyl sites for hydroxylation is 2. The third-order valence-electron chi connectivity index (χ3n) is 4.98. The quantitative estimate of drug-likeness (QED) is 0.411. The van der Waals surface area contributed by atoms with Crippen LogP contribution >= 0.6 is 0 Å². The fourth-order valence-electron chi connectivity index (χ4n) is 3.45. The van der Waals surface area contributed by atoms with E-state index >= 15 is 0 Å². The fraction of sp³-hybridized carbons (Fsp3) is 0.346. The number of amides is 2. The first kappa shape index (κ1) is 24.6. The lowest BCUT2D eigenvalue weighted by Crippen LogP contribution is -2.42. The molecule has 1 atom stereocenters. The Bertz CT molecular complexity index is 1230. The number of nitrogens with zero attached hydrogens (tertiary/aromatic N) is 2. The first-order valence-corrected chi connectivity index (χ1v) is 11.0. The van der Waals surface area contributed by atoms with Gasteiger partial charge in [0.2, 0.25) is 5.91 Å². The van der Waals surface area contributed by atoms with Gasteiger partial charge in [-0.15, -0.1) is 12.3 Å². The number of ether oxygens (including phenoxy) is 2. The van der Waals surface area contributed by atoms with E-state index in [1.165, 1.54) is 0 Å². The molecule has 8 nitrogen and oxygen atoms in total. The highest BCUT2D eigenvalue weighted by molar-refractivity contribution is 5.82. The van der Waals surface area contributed by atoms with Gasteiger partial charge in [0.1, 0.15) is 12.1 Å². The largest absolute Gasteiger partial charge is 0.462 e. The van der Waals surface area contributed by atoms with Crippen molar-refractivity contribution in [3.05, 3.63) is 65.1 Å². The van der Waals surface area contributed by atoms with Crippen LogP contribution in [0.5, 0.6) is 5.75 Å². The molecular weight excluding hydrogens is 432 g/mol. The number of carbonyl (C=O) groups excluding carboxylic acids is 2. The van der Waals surface area contributed by atoms with Gasteiger partial charge in [-0.2, -0.15) is 0 Å². The summed E-state index contributed by atoms with van der Waals surface area (Å²) < 4.78 is 13.4. The van der Waals surface area contributed by atoms with Crippen LogP contribution in [0.15, 0.2) is 42.6 Å². The standard InChI is InChI=1S/C26H30N4O4/c1-7-11-20-18(3)28-23-21(14-10-15-30(20)23)33-24(19-13-9-8-12-17(19)2)29-22(31)16-27-25(32)34-26(4,5)6/h1,8-10,12-15,24H,11,16H2,2-6H3,(H,27,32)(H,29,31). The predicted octanol–water partition coefficient (Wildman–Crippen LogP) is 3.85. The molecule has 0 spiro atoms. The van der Waals surface area contributed by atoms with Crippen LogP contribution in [0.3, 0.4) is 0 Å². The highest BCUT2D eigenvalue weighted by Gasteiger charge is 2.22. The van der Waals surface area contributed by atoms with Crippen molar-refractivity contribution in [3.63, 3.8) is 0 Å². The van der Waals surface area contributed by atoms with E-state index in [0.29, 0.717) is 17.8 Å². The zero-order valence-electron chi connectivity index (χ0n) is 20.1. The van der Waals surface area contributed by atoms with Crippen LogP contribution in [0, 0.1) is 26.2 Å².